The molecule has 0 saturated heterocycles. The van der Waals surface area contributed by atoms with E-state index in [1.54, 1.807) is 11.0 Å². The molecule has 98 valence electrons. The van der Waals surface area contributed by atoms with Crippen molar-refractivity contribution in [2.24, 2.45) is 12.8 Å². The number of rotatable bonds is 4. The first-order valence-corrected chi connectivity index (χ1v) is 5.82. The van der Waals surface area contributed by atoms with Crippen LogP contribution in [0.1, 0.15) is 0 Å². The molecule has 3 heterocycles. The first kappa shape index (κ1) is 11.6. The van der Waals surface area contributed by atoms with Crippen molar-refractivity contribution >= 4 is 0 Å². The molecule has 0 fully saturated rings. The molecule has 0 radical (unpaired) electrons. The summed E-state index contributed by atoms with van der Waals surface area (Å²) in [6.45, 7) is 1.26. The third kappa shape index (κ3) is 2.25. The molecule has 0 aromatic carbocycles. The van der Waals surface area contributed by atoms with Gasteiger partial charge in [0, 0.05) is 32.5 Å². The van der Waals surface area contributed by atoms with Crippen LogP contribution in [0.5, 0.6) is 0 Å². The second kappa shape index (κ2) is 4.65. The Balaban J connectivity index is 1.87. The lowest BCUT2D eigenvalue weighted by molar-refractivity contribution is 0.431. The van der Waals surface area contributed by atoms with Crippen LogP contribution in [0.25, 0.3) is 23.1 Å². The van der Waals surface area contributed by atoms with Gasteiger partial charge in [0.2, 0.25) is 5.82 Å². The number of nitrogens with zero attached hydrogens (tertiary/aromatic N) is 6. The summed E-state index contributed by atoms with van der Waals surface area (Å²) >= 11 is 0. The molecule has 0 unspecified atom stereocenters. The number of hydrogen-bond donors (Lipinski definition) is 1. The maximum absolute atomic E-state index is 5.48. The van der Waals surface area contributed by atoms with Gasteiger partial charge in [0.1, 0.15) is 11.4 Å². The molecule has 19 heavy (non-hydrogen) atoms. The van der Waals surface area contributed by atoms with Crippen LogP contribution in [0.2, 0.25) is 0 Å². The largest absolute Gasteiger partial charge is 0.335 e. The third-order valence-electron chi connectivity index (χ3n) is 2.61. The van der Waals surface area contributed by atoms with Crippen LogP contribution in [0.3, 0.4) is 0 Å². The first-order valence-electron chi connectivity index (χ1n) is 5.82. The van der Waals surface area contributed by atoms with Gasteiger partial charge in [0.05, 0.1) is 6.33 Å². The monoisotopic (exact) mass is 259 g/mol. The van der Waals surface area contributed by atoms with E-state index in [-0.39, 0.29) is 0 Å². The van der Waals surface area contributed by atoms with Crippen molar-refractivity contribution in [1.29, 1.82) is 0 Å². The van der Waals surface area contributed by atoms with Crippen molar-refractivity contribution < 1.29 is 4.52 Å². The van der Waals surface area contributed by atoms with Crippen molar-refractivity contribution in [2.45, 2.75) is 6.54 Å². The summed E-state index contributed by atoms with van der Waals surface area (Å²) in [5.41, 5.74) is 6.77. The molecular weight excluding hydrogens is 246 g/mol. The molecule has 8 nitrogen and oxygen atoms in total. The Labute approximate surface area is 108 Å². The Hall–Kier alpha value is -2.48. The Morgan fingerprint density at radius 2 is 2.26 bits per heavy atom. The standard InChI is InChI=1S/C11H13N7O/c1-17-4-2-8(15-17)10-14-11(19-16-10)9-6-18(5-3-12)7-13-9/h2,4,6-7H,3,5,12H2,1H3. The minimum Gasteiger partial charge on any atom is -0.335 e. The van der Waals surface area contributed by atoms with Crippen molar-refractivity contribution in [3.8, 4) is 23.1 Å². The fourth-order valence-corrected chi connectivity index (χ4v) is 1.71. The minimum absolute atomic E-state index is 0.372. The van der Waals surface area contributed by atoms with Crippen LogP contribution in [-0.4, -0.2) is 36.0 Å². The van der Waals surface area contributed by atoms with E-state index in [9.17, 15) is 0 Å². The molecular formula is C11H13N7O. The zero-order valence-electron chi connectivity index (χ0n) is 10.4. The Bertz CT molecular complexity index is 681. The lowest BCUT2D eigenvalue weighted by Gasteiger charge is -1.94. The highest BCUT2D eigenvalue weighted by molar-refractivity contribution is 5.53. The summed E-state index contributed by atoms with van der Waals surface area (Å²) in [5.74, 6) is 0.820. The fourth-order valence-electron chi connectivity index (χ4n) is 1.71. The van der Waals surface area contributed by atoms with Crippen molar-refractivity contribution in [1.82, 2.24) is 29.5 Å². The molecule has 3 aromatic heterocycles. The van der Waals surface area contributed by atoms with Gasteiger partial charge in [-0.2, -0.15) is 10.1 Å². The van der Waals surface area contributed by atoms with Crippen molar-refractivity contribution in [3.05, 3.63) is 24.8 Å². The quantitative estimate of drug-likeness (QED) is 0.722. The van der Waals surface area contributed by atoms with Crippen LogP contribution in [0, 0.1) is 0 Å². The Kier molecular flexibility index (Phi) is 2.84. The maximum Gasteiger partial charge on any atom is 0.278 e. The van der Waals surface area contributed by atoms with Crippen LogP contribution >= 0.6 is 0 Å². The molecule has 0 aliphatic heterocycles. The highest BCUT2D eigenvalue weighted by atomic mass is 16.5. The van der Waals surface area contributed by atoms with Gasteiger partial charge in [0.15, 0.2) is 0 Å². The molecule has 0 aliphatic rings. The molecule has 0 bridgehead atoms. The van der Waals surface area contributed by atoms with Gasteiger partial charge in [-0.15, -0.1) is 0 Å². The smallest absolute Gasteiger partial charge is 0.278 e. The molecule has 0 spiro atoms. The topological polar surface area (TPSA) is 101 Å². The zero-order valence-corrected chi connectivity index (χ0v) is 10.4. The Morgan fingerprint density at radius 3 is 3.00 bits per heavy atom. The van der Waals surface area contributed by atoms with E-state index < -0.39 is 0 Å². The minimum atomic E-state index is 0.372. The number of nitrogens with two attached hydrogens (primary N) is 1. The fraction of sp³-hybridized carbons (Fsp3) is 0.273. The molecule has 0 aliphatic carbocycles. The van der Waals surface area contributed by atoms with E-state index in [0.717, 1.165) is 0 Å². The van der Waals surface area contributed by atoms with Crippen LogP contribution in [-0.2, 0) is 13.6 Å². The van der Waals surface area contributed by atoms with Crippen LogP contribution in [0.15, 0.2) is 29.3 Å². The van der Waals surface area contributed by atoms with Gasteiger partial charge in [0.25, 0.3) is 5.89 Å². The van der Waals surface area contributed by atoms with Gasteiger partial charge >= 0.3 is 0 Å². The highest BCUT2D eigenvalue weighted by Gasteiger charge is 2.14. The summed E-state index contributed by atoms with van der Waals surface area (Å²) in [7, 11) is 1.83. The lowest BCUT2D eigenvalue weighted by Crippen LogP contribution is -2.07. The zero-order chi connectivity index (χ0) is 13.2. The van der Waals surface area contributed by atoms with Gasteiger partial charge in [-0.3, -0.25) is 4.68 Å². The van der Waals surface area contributed by atoms with Gasteiger partial charge in [-0.1, -0.05) is 5.16 Å². The predicted octanol–water partition coefficient (Wildman–Crippen LogP) is 0.292. The summed E-state index contributed by atoms with van der Waals surface area (Å²) in [5, 5.41) is 8.11. The first-order chi connectivity index (χ1) is 9.26. The van der Waals surface area contributed by atoms with Gasteiger partial charge < -0.3 is 14.8 Å². The van der Waals surface area contributed by atoms with E-state index in [1.165, 1.54) is 0 Å². The number of aromatic nitrogens is 6. The normalized spacial score (nSPS) is 11.1. The molecule has 3 rings (SSSR count). The third-order valence-corrected chi connectivity index (χ3v) is 2.61. The summed E-state index contributed by atoms with van der Waals surface area (Å²) in [6, 6.07) is 1.82. The predicted molar refractivity (Wildman–Crippen MR) is 66.8 cm³/mol. The maximum atomic E-state index is 5.48. The molecule has 8 heteroatoms. The summed E-state index contributed by atoms with van der Waals surface area (Å²) in [4.78, 5) is 8.48. The molecule has 3 aromatic rings. The van der Waals surface area contributed by atoms with Crippen molar-refractivity contribution in [2.75, 3.05) is 6.54 Å². The molecule has 0 amide bonds. The summed E-state index contributed by atoms with van der Waals surface area (Å²) in [6.07, 6.45) is 5.33. The Morgan fingerprint density at radius 1 is 1.37 bits per heavy atom. The van der Waals surface area contributed by atoms with E-state index in [4.69, 9.17) is 10.3 Å². The van der Waals surface area contributed by atoms with Gasteiger partial charge in [-0.05, 0) is 6.07 Å². The number of aryl methyl sites for hydroxylation is 1. The highest BCUT2D eigenvalue weighted by Crippen LogP contribution is 2.19. The molecule has 0 atom stereocenters. The van der Waals surface area contributed by atoms with Crippen LogP contribution in [0.4, 0.5) is 0 Å². The van der Waals surface area contributed by atoms with Crippen LogP contribution < -0.4 is 5.73 Å². The van der Waals surface area contributed by atoms with E-state index >= 15 is 0 Å². The van der Waals surface area contributed by atoms with E-state index in [1.807, 2.05) is 30.1 Å². The van der Waals surface area contributed by atoms with E-state index in [2.05, 4.69) is 20.2 Å². The van der Waals surface area contributed by atoms with E-state index in [0.29, 0.717) is 36.2 Å². The SMILES string of the molecule is Cn1ccc(-c2noc(-c3cn(CCN)cn3)n2)n1. The average Bonchev–Trinajstić information content (AvgIpc) is 3.07. The molecule has 2 N–H and O–H groups in total. The lowest BCUT2D eigenvalue weighted by atomic mass is 10.4. The molecule has 0 saturated carbocycles. The number of hydrogen-bond acceptors (Lipinski definition) is 6. The second-order valence-electron chi connectivity index (χ2n) is 4.08. The summed E-state index contributed by atoms with van der Waals surface area (Å²) < 4.78 is 8.75. The number of imidazole rings is 1. The average molecular weight is 259 g/mol. The second-order valence-corrected chi connectivity index (χ2v) is 4.08. The van der Waals surface area contributed by atoms with Crippen molar-refractivity contribution in [3.63, 3.8) is 0 Å². The van der Waals surface area contributed by atoms with Gasteiger partial charge in [-0.25, -0.2) is 4.98 Å².